The minimum atomic E-state index is -0.761. The monoisotopic (exact) mass is 354 g/mol. The molecular formula is C19H18N2O5. The van der Waals surface area contributed by atoms with Crippen LogP contribution in [0.2, 0.25) is 0 Å². The molecule has 0 aromatic heterocycles. The van der Waals surface area contributed by atoms with Crippen LogP contribution in [0.15, 0.2) is 42.5 Å². The van der Waals surface area contributed by atoms with Crippen molar-refractivity contribution in [3.8, 4) is 0 Å². The molecule has 0 saturated carbocycles. The number of carbonyl (C=O) groups excluding carboxylic acids is 2. The first-order valence-corrected chi connectivity index (χ1v) is 8.13. The van der Waals surface area contributed by atoms with Crippen LogP contribution in [0.1, 0.15) is 27.0 Å². The third kappa shape index (κ3) is 3.15. The van der Waals surface area contributed by atoms with E-state index in [0.29, 0.717) is 12.0 Å². The van der Waals surface area contributed by atoms with Crippen molar-refractivity contribution in [3.05, 3.63) is 74.8 Å². The molecule has 1 heterocycles. The maximum absolute atomic E-state index is 13.0. The van der Waals surface area contributed by atoms with Crippen molar-refractivity contribution < 1.29 is 19.2 Å². The number of hydrogen-bond donors (Lipinski definition) is 0. The van der Waals surface area contributed by atoms with Crippen LogP contribution in [0.3, 0.4) is 0 Å². The molecule has 1 atom stereocenters. The summed E-state index contributed by atoms with van der Waals surface area (Å²) >= 11 is 0. The quantitative estimate of drug-likeness (QED) is 0.480. The molecule has 2 aromatic rings. The second-order valence-corrected chi connectivity index (χ2v) is 6.20. The average molecular weight is 354 g/mol. The zero-order chi connectivity index (χ0) is 18.8. The lowest BCUT2D eigenvalue weighted by Crippen LogP contribution is -2.49. The van der Waals surface area contributed by atoms with Crippen LogP contribution in [-0.4, -0.2) is 34.9 Å². The van der Waals surface area contributed by atoms with Gasteiger partial charge in [0, 0.05) is 30.2 Å². The van der Waals surface area contributed by atoms with Crippen LogP contribution < -0.4 is 0 Å². The number of rotatable bonds is 3. The number of amides is 1. The van der Waals surface area contributed by atoms with Crippen molar-refractivity contribution in [2.45, 2.75) is 25.9 Å². The minimum Gasteiger partial charge on any atom is -0.467 e. The summed E-state index contributed by atoms with van der Waals surface area (Å²) in [5.41, 5.74) is 2.46. The van der Waals surface area contributed by atoms with Crippen LogP contribution in [-0.2, 0) is 22.5 Å². The van der Waals surface area contributed by atoms with E-state index in [1.165, 1.54) is 24.1 Å². The molecule has 0 saturated heterocycles. The summed E-state index contributed by atoms with van der Waals surface area (Å²) in [5, 5.41) is 11.2. The van der Waals surface area contributed by atoms with E-state index < -0.39 is 22.8 Å². The fourth-order valence-electron chi connectivity index (χ4n) is 3.19. The molecule has 3 rings (SSSR count). The molecule has 7 heteroatoms. The van der Waals surface area contributed by atoms with Crippen molar-refractivity contribution in [3.63, 3.8) is 0 Å². The molecule has 0 unspecified atom stereocenters. The Morgan fingerprint density at radius 3 is 2.54 bits per heavy atom. The molecule has 1 aliphatic heterocycles. The smallest absolute Gasteiger partial charge is 0.328 e. The highest BCUT2D eigenvalue weighted by atomic mass is 16.6. The topological polar surface area (TPSA) is 89.8 Å². The van der Waals surface area contributed by atoms with Crippen LogP contribution >= 0.6 is 0 Å². The summed E-state index contributed by atoms with van der Waals surface area (Å²) in [6.45, 7) is 1.86. The lowest BCUT2D eigenvalue weighted by molar-refractivity contribution is -0.385. The van der Waals surface area contributed by atoms with Gasteiger partial charge in [-0.3, -0.25) is 14.9 Å². The lowest BCUT2D eigenvalue weighted by atomic mass is 9.93. The molecule has 134 valence electrons. The minimum absolute atomic E-state index is 0.122. The zero-order valence-corrected chi connectivity index (χ0v) is 14.5. The number of aryl methyl sites for hydroxylation is 1. The van der Waals surface area contributed by atoms with E-state index in [1.807, 2.05) is 24.3 Å². The maximum Gasteiger partial charge on any atom is 0.328 e. The molecule has 0 aliphatic carbocycles. The highest BCUT2D eigenvalue weighted by Gasteiger charge is 2.36. The number of ether oxygens (including phenoxy) is 1. The van der Waals surface area contributed by atoms with Gasteiger partial charge in [0.2, 0.25) is 0 Å². The van der Waals surface area contributed by atoms with Crippen LogP contribution in [0.4, 0.5) is 5.69 Å². The summed E-state index contributed by atoms with van der Waals surface area (Å²) in [4.78, 5) is 37.3. The summed E-state index contributed by atoms with van der Waals surface area (Å²) in [6, 6.07) is 11.2. The Bertz CT molecular complexity index is 893. The van der Waals surface area contributed by atoms with Gasteiger partial charge >= 0.3 is 5.97 Å². The number of nitro benzene ring substituents is 1. The predicted octanol–water partition coefficient (Wildman–Crippen LogP) is 2.64. The van der Waals surface area contributed by atoms with Crippen LogP contribution in [0, 0.1) is 17.0 Å². The number of benzene rings is 2. The summed E-state index contributed by atoms with van der Waals surface area (Å²) in [6.07, 6.45) is 0.350. The molecule has 0 bridgehead atoms. The highest BCUT2D eigenvalue weighted by molar-refractivity contribution is 5.97. The lowest BCUT2D eigenvalue weighted by Gasteiger charge is -2.35. The zero-order valence-electron chi connectivity index (χ0n) is 14.5. The van der Waals surface area contributed by atoms with Crippen molar-refractivity contribution in [2.24, 2.45) is 0 Å². The van der Waals surface area contributed by atoms with Crippen molar-refractivity contribution in [1.29, 1.82) is 0 Å². The van der Waals surface area contributed by atoms with Gasteiger partial charge in [-0.05, 0) is 24.1 Å². The van der Waals surface area contributed by atoms with Crippen molar-refractivity contribution >= 4 is 17.6 Å². The van der Waals surface area contributed by atoms with Gasteiger partial charge in [0.25, 0.3) is 11.6 Å². The molecule has 0 N–H and O–H groups in total. The van der Waals surface area contributed by atoms with E-state index in [1.54, 1.807) is 13.0 Å². The standard InChI is InChI=1S/C19H18N2O5/c1-12-7-8-14(10-16(12)21(24)25)18(22)20-11-15-6-4-3-5-13(15)9-17(20)19(23)26-2/h3-8,10,17H,9,11H2,1-2H3/t17-/m0/s1. The van der Waals surface area contributed by atoms with Gasteiger partial charge in [0.05, 0.1) is 12.0 Å². The first-order valence-electron chi connectivity index (χ1n) is 8.13. The van der Waals surface area contributed by atoms with Gasteiger partial charge in [-0.15, -0.1) is 0 Å². The second-order valence-electron chi connectivity index (χ2n) is 6.20. The molecule has 0 spiro atoms. The summed E-state index contributed by atoms with van der Waals surface area (Å²) in [5.74, 6) is -0.938. The molecule has 2 aromatic carbocycles. The third-order valence-corrected chi connectivity index (χ3v) is 4.64. The van der Waals surface area contributed by atoms with Crippen molar-refractivity contribution in [2.75, 3.05) is 7.11 Å². The summed E-state index contributed by atoms with van der Waals surface area (Å²) in [7, 11) is 1.28. The maximum atomic E-state index is 13.0. The van der Waals surface area contributed by atoms with E-state index in [4.69, 9.17) is 4.74 Å². The Kier molecular flexibility index (Phi) is 4.71. The number of nitrogens with zero attached hydrogens (tertiary/aromatic N) is 2. The Morgan fingerprint density at radius 2 is 1.88 bits per heavy atom. The van der Waals surface area contributed by atoms with E-state index in [2.05, 4.69) is 0 Å². The largest absolute Gasteiger partial charge is 0.467 e. The van der Waals surface area contributed by atoms with Crippen LogP contribution in [0.5, 0.6) is 0 Å². The van der Waals surface area contributed by atoms with Gasteiger partial charge in [-0.2, -0.15) is 0 Å². The molecule has 7 nitrogen and oxygen atoms in total. The first-order chi connectivity index (χ1) is 12.4. The number of nitro groups is 1. The van der Waals surface area contributed by atoms with E-state index >= 15 is 0 Å². The molecule has 0 fully saturated rings. The summed E-state index contributed by atoms with van der Waals surface area (Å²) < 4.78 is 4.86. The van der Waals surface area contributed by atoms with Gasteiger partial charge in [0.1, 0.15) is 6.04 Å². The number of hydrogen-bond acceptors (Lipinski definition) is 5. The Balaban J connectivity index is 2.00. The van der Waals surface area contributed by atoms with Gasteiger partial charge in [0.15, 0.2) is 0 Å². The Labute approximate surface area is 150 Å². The molecular weight excluding hydrogens is 336 g/mol. The van der Waals surface area contributed by atoms with Gasteiger partial charge in [-0.1, -0.05) is 30.3 Å². The normalized spacial score (nSPS) is 15.9. The predicted molar refractivity (Wildman–Crippen MR) is 93.7 cm³/mol. The third-order valence-electron chi connectivity index (χ3n) is 4.64. The number of esters is 1. The van der Waals surface area contributed by atoms with E-state index in [0.717, 1.165) is 11.1 Å². The molecule has 0 radical (unpaired) electrons. The Morgan fingerprint density at radius 1 is 1.19 bits per heavy atom. The molecule has 1 aliphatic rings. The van der Waals surface area contributed by atoms with Crippen molar-refractivity contribution in [1.82, 2.24) is 4.90 Å². The molecule has 26 heavy (non-hydrogen) atoms. The molecule has 1 amide bonds. The SMILES string of the molecule is COC(=O)[C@@H]1Cc2ccccc2CN1C(=O)c1ccc(C)c([N+](=O)[O-])c1. The van der Waals surface area contributed by atoms with Gasteiger partial charge < -0.3 is 9.64 Å². The Hall–Kier alpha value is -3.22. The average Bonchev–Trinajstić information content (AvgIpc) is 2.65. The first kappa shape index (κ1) is 17.6. The van der Waals surface area contributed by atoms with Gasteiger partial charge in [-0.25, -0.2) is 4.79 Å². The fourth-order valence-corrected chi connectivity index (χ4v) is 3.19. The fraction of sp³-hybridized carbons (Fsp3) is 0.263. The highest BCUT2D eigenvalue weighted by Crippen LogP contribution is 2.27. The second kappa shape index (κ2) is 6.95. The number of methoxy groups -OCH3 is 1. The van der Waals surface area contributed by atoms with E-state index in [-0.39, 0.29) is 17.8 Å². The van der Waals surface area contributed by atoms with E-state index in [9.17, 15) is 19.7 Å². The number of carbonyl (C=O) groups is 2. The number of fused-ring (bicyclic) bond motifs is 1. The van der Waals surface area contributed by atoms with Crippen LogP contribution in [0.25, 0.3) is 0 Å².